The quantitative estimate of drug-likeness (QED) is 0.633. The maximum atomic E-state index is 11.8. The number of methoxy groups -OCH3 is 1. The molecule has 0 amide bonds. The van der Waals surface area contributed by atoms with Crippen LogP contribution in [0.1, 0.15) is 0 Å². The fourth-order valence-electron chi connectivity index (χ4n) is 0.0772. The van der Waals surface area contributed by atoms with Gasteiger partial charge in [-0.15, -0.1) is 0 Å². The van der Waals surface area contributed by atoms with E-state index in [9.17, 15) is 4.39 Å². The molecule has 4 heteroatoms. The van der Waals surface area contributed by atoms with Crippen molar-refractivity contribution in [1.29, 1.82) is 0 Å². The Kier molecular flexibility index (Phi) is 3.65. The molecule has 0 saturated carbocycles. The zero-order chi connectivity index (χ0) is 5.86. The van der Waals surface area contributed by atoms with E-state index in [4.69, 9.17) is 0 Å². The number of hydrogen-bond acceptors (Lipinski definition) is 1. The fraction of sp³-hybridized carbons (Fsp3) is 0.333. The zero-order valence-electron chi connectivity index (χ0n) is 3.54. The molecule has 0 aliphatic rings. The molecule has 0 rings (SSSR count). The molecule has 0 aromatic heterocycles. The Hall–Kier alpha value is 0.430. The maximum absolute atomic E-state index is 11.8. The SMILES string of the molecule is COC(F)=C(Br)Br. The van der Waals surface area contributed by atoms with Gasteiger partial charge in [-0.05, 0) is 31.9 Å². The standard InChI is InChI=1S/C3H3Br2FO/c1-7-3(6)2(4)5/h1H3. The summed E-state index contributed by atoms with van der Waals surface area (Å²) in [6.45, 7) is 0. The van der Waals surface area contributed by atoms with Crippen LogP contribution in [-0.2, 0) is 4.74 Å². The molecule has 7 heavy (non-hydrogen) atoms. The monoisotopic (exact) mass is 232 g/mol. The minimum absolute atomic E-state index is 0.197. The van der Waals surface area contributed by atoms with Gasteiger partial charge in [0.15, 0.2) is 0 Å². The molecule has 0 aliphatic carbocycles. The van der Waals surface area contributed by atoms with Gasteiger partial charge in [0, 0.05) is 0 Å². The molecule has 0 aromatic rings. The summed E-state index contributed by atoms with van der Waals surface area (Å²) in [6.07, 6.45) is 0. The van der Waals surface area contributed by atoms with Crippen LogP contribution in [0, 0.1) is 0 Å². The van der Waals surface area contributed by atoms with Gasteiger partial charge in [0.1, 0.15) is 3.39 Å². The molecule has 0 saturated heterocycles. The second kappa shape index (κ2) is 3.43. The van der Waals surface area contributed by atoms with Gasteiger partial charge in [-0.2, -0.15) is 4.39 Å². The Balaban J connectivity index is 3.72. The third-order valence-corrected chi connectivity index (χ3v) is 0.951. The molecule has 0 spiro atoms. The first kappa shape index (κ1) is 7.43. The van der Waals surface area contributed by atoms with Crippen molar-refractivity contribution in [3.8, 4) is 0 Å². The molecule has 0 bridgehead atoms. The fourth-order valence-corrected chi connectivity index (χ4v) is 0.401. The van der Waals surface area contributed by atoms with Gasteiger partial charge >= 0.3 is 0 Å². The van der Waals surface area contributed by atoms with Crippen LogP contribution in [0.15, 0.2) is 9.40 Å². The third-order valence-electron chi connectivity index (χ3n) is 0.328. The van der Waals surface area contributed by atoms with Gasteiger partial charge in [0.2, 0.25) is 0 Å². The highest BCUT2D eigenvalue weighted by molar-refractivity contribution is 9.28. The topological polar surface area (TPSA) is 9.23 Å². The van der Waals surface area contributed by atoms with E-state index < -0.39 is 6.01 Å². The number of hydrogen-bond donors (Lipinski definition) is 0. The number of ether oxygens (including phenoxy) is 1. The van der Waals surface area contributed by atoms with E-state index >= 15 is 0 Å². The van der Waals surface area contributed by atoms with Crippen LogP contribution in [0.25, 0.3) is 0 Å². The molecule has 0 aromatic carbocycles. The lowest BCUT2D eigenvalue weighted by atomic mass is 11.1. The van der Waals surface area contributed by atoms with Crippen molar-refractivity contribution in [3.63, 3.8) is 0 Å². The van der Waals surface area contributed by atoms with Crippen molar-refractivity contribution in [2.45, 2.75) is 0 Å². The smallest absolute Gasteiger partial charge is 0.294 e. The summed E-state index contributed by atoms with van der Waals surface area (Å²) in [5, 5.41) is 0. The lowest BCUT2D eigenvalue weighted by molar-refractivity contribution is 0.204. The molecule has 0 N–H and O–H groups in total. The molecular weight excluding hydrogens is 231 g/mol. The average Bonchev–Trinajstić information content (AvgIpc) is 1.65. The second-order valence-corrected chi connectivity index (χ2v) is 3.39. The summed E-state index contributed by atoms with van der Waals surface area (Å²) >= 11 is 5.59. The molecule has 42 valence electrons. The summed E-state index contributed by atoms with van der Waals surface area (Å²) in [4.78, 5) is 0. The van der Waals surface area contributed by atoms with Gasteiger partial charge in [-0.1, -0.05) is 0 Å². The molecular formula is C3H3Br2FO. The van der Waals surface area contributed by atoms with E-state index in [1.807, 2.05) is 0 Å². The van der Waals surface area contributed by atoms with Crippen molar-refractivity contribution in [1.82, 2.24) is 0 Å². The van der Waals surface area contributed by atoms with Crippen LogP contribution in [0.5, 0.6) is 0 Å². The minimum atomic E-state index is -0.653. The molecule has 1 nitrogen and oxygen atoms in total. The van der Waals surface area contributed by atoms with E-state index in [0.717, 1.165) is 0 Å². The van der Waals surface area contributed by atoms with Crippen molar-refractivity contribution in [2.75, 3.05) is 7.11 Å². The lowest BCUT2D eigenvalue weighted by Crippen LogP contribution is -1.74. The van der Waals surface area contributed by atoms with E-state index in [1.165, 1.54) is 7.11 Å². The largest absolute Gasteiger partial charge is 0.473 e. The summed E-state index contributed by atoms with van der Waals surface area (Å²) in [6, 6.07) is -0.653. The molecule has 0 fully saturated rings. The van der Waals surface area contributed by atoms with Gasteiger partial charge < -0.3 is 4.74 Å². The second-order valence-electron chi connectivity index (χ2n) is 0.738. The Morgan fingerprint density at radius 3 is 2.00 bits per heavy atom. The van der Waals surface area contributed by atoms with Crippen molar-refractivity contribution in [2.24, 2.45) is 0 Å². The van der Waals surface area contributed by atoms with E-state index in [0.29, 0.717) is 0 Å². The van der Waals surface area contributed by atoms with E-state index in [-0.39, 0.29) is 3.39 Å². The van der Waals surface area contributed by atoms with E-state index in [1.54, 1.807) is 0 Å². The summed E-state index contributed by atoms with van der Waals surface area (Å²) in [5.41, 5.74) is 0. The van der Waals surface area contributed by atoms with Crippen LogP contribution < -0.4 is 0 Å². The molecule has 0 radical (unpaired) electrons. The summed E-state index contributed by atoms with van der Waals surface area (Å²) in [7, 11) is 1.25. The van der Waals surface area contributed by atoms with Crippen molar-refractivity contribution >= 4 is 31.9 Å². The maximum Gasteiger partial charge on any atom is 0.294 e. The Morgan fingerprint density at radius 1 is 1.57 bits per heavy atom. The minimum Gasteiger partial charge on any atom is -0.473 e. The van der Waals surface area contributed by atoms with Gasteiger partial charge in [-0.3, -0.25) is 0 Å². The molecule has 0 atom stereocenters. The highest BCUT2D eigenvalue weighted by atomic mass is 79.9. The first-order valence-electron chi connectivity index (χ1n) is 1.43. The van der Waals surface area contributed by atoms with Crippen LogP contribution in [0.2, 0.25) is 0 Å². The Labute approximate surface area is 57.8 Å². The lowest BCUT2D eigenvalue weighted by Gasteiger charge is -1.90. The Morgan fingerprint density at radius 2 is 2.00 bits per heavy atom. The Bertz CT molecular complexity index is 86.9. The summed E-state index contributed by atoms with van der Waals surface area (Å²) < 4.78 is 16.1. The van der Waals surface area contributed by atoms with Crippen LogP contribution in [-0.4, -0.2) is 7.11 Å². The van der Waals surface area contributed by atoms with Gasteiger partial charge in [0.25, 0.3) is 6.01 Å². The van der Waals surface area contributed by atoms with Crippen LogP contribution in [0.3, 0.4) is 0 Å². The highest BCUT2D eigenvalue weighted by Gasteiger charge is 1.94. The van der Waals surface area contributed by atoms with E-state index in [2.05, 4.69) is 36.6 Å². The highest BCUT2D eigenvalue weighted by Crippen LogP contribution is 2.19. The normalized spacial score (nSPS) is 8.00. The zero-order valence-corrected chi connectivity index (χ0v) is 6.71. The molecule has 0 heterocycles. The third kappa shape index (κ3) is 3.05. The van der Waals surface area contributed by atoms with Gasteiger partial charge in [-0.25, -0.2) is 0 Å². The molecule has 0 aliphatic heterocycles. The average molecular weight is 234 g/mol. The van der Waals surface area contributed by atoms with Crippen molar-refractivity contribution < 1.29 is 9.13 Å². The van der Waals surface area contributed by atoms with Crippen molar-refractivity contribution in [3.05, 3.63) is 9.40 Å². The number of rotatable bonds is 1. The van der Waals surface area contributed by atoms with Gasteiger partial charge in [0.05, 0.1) is 7.11 Å². The predicted molar refractivity (Wildman–Crippen MR) is 33.0 cm³/mol. The first-order chi connectivity index (χ1) is 3.18. The molecule has 0 unspecified atom stereocenters. The van der Waals surface area contributed by atoms with Crippen LogP contribution in [0.4, 0.5) is 4.39 Å². The first-order valence-corrected chi connectivity index (χ1v) is 3.02. The number of halogens is 3. The predicted octanol–water partition coefficient (Wildman–Crippen LogP) is 2.52. The summed E-state index contributed by atoms with van der Waals surface area (Å²) in [5.74, 6) is 0. The van der Waals surface area contributed by atoms with Crippen LogP contribution >= 0.6 is 31.9 Å².